The molecule has 1 atom stereocenters. The number of hydrogen-bond donors (Lipinski definition) is 0. The molecule has 1 aliphatic rings. The second-order valence-corrected chi connectivity index (χ2v) is 5.63. The number of benzene rings is 1. The lowest BCUT2D eigenvalue weighted by Gasteiger charge is -2.47. The van der Waals surface area contributed by atoms with Gasteiger partial charge in [0.15, 0.2) is 5.79 Å². The Morgan fingerprint density at radius 2 is 1.95 bits per heavy atom. The molecule has 0 bridgehead atoms. The number of aromatic nitrogens is 1. The van der Waals surface area contributed by atoms with Crippen LogP contribution in [0.15, 0.2) is 35.1 Å². The summed E-state index contributed by atoms with van der Waals surface area (Å²) in [6.45, 7) is 0.574. The predicted molar refractivity (Wildman–Crippen MR) is 84.2 cm³/mol. The number of nitrogens with zero attached hydrogens (tertiary/aromatic N) is 1. The lowest BCUT2D eigenvalue weighted by atomic mass is 9.77. The molecule has 0 aliphatic heterocycles. The SMILES string of the molecule is COc1cccc2c1ccc(=O)n2CC1CCC1(OC)OC. The Hall–Kier alpha value is -1.85. The normalized spacial score (nSPS) is 19.9. The van der Waals surface area contributed by atoms with Crippen LogP contribution in [0.4, 0.5) is 0 Å². The summed E-state index contributed by atoms with van der Waals surface area (Å²) in [5, 5.41) is 0.935. The number of methoxy groups -OCH3 is 3. The zero-order valence-corrected chi connectivity index (χ0v) is 13.2. The monoisotopic (exact) mass is 303 g/mol. The molecule has 3 rings (SSSR count). The quantitative estimate of drug-likeness (QED) is 0.796. The fourth-order valence-electron chi connectivity index (χ4n) is 3.32. The highest BCUT2D eigenvalue weighted by Gasteiger charge is 2.48. The second-order valence-electron chi connectivity index (χ2n) is 5.63. The molecule has 0 amide bonds. The van der Waals surface area contributed by atoms with E-state index in [1.54, 1.807) is 32.0 Å². The van der Waals surface area contributed by atoms with Gasteiger partial charge in [0, 0.05) is 44.6 Å². The maximum Gasteiger partial charge on any atom is 0.251 e. The summed E-state index contributed by atoms with van der Waals surface area (Å²) in [4.78, 5) is 12.3. The van der Waals surface area contributed by atoms with Crippen LogP contribution in [0.5, 0.6) is 5.75 Å². The molecule has 22 heavy (non-hydrogen) atoms. The van der Waals surface area contributed by atoms with Crippen molar-refractivity contribution in [2.45, 2.75) is 25.2 Å². The molecule has 1 saturated carbocycles. The zero-order chi connectivity index (χ0) is 15.7. The molecule has 118 valence electrons. The molecule has 0 spiro atoms. The van der Waals surface area contributed by atoms with Crippen molar-refractivity contribution in [3.8, 4) is 5.75 Å². The number of ether oxygens (including phenoxy) is 3. The molecular weight excluding hydrogens is 282 g/mol. The summed E-state index contributed by atoms with van der Waals surface area (Å²) in [5.41, 5.74) is 0.855. The van der Waals surface area contributed by atoms with Gasteiger partial charge in [-0.15, -0.1) is 0 Å². The average molecular weight is 303 g/mol. The third-order valence-corrected chi connectivity index (χ3v) is 4.77. The van der Waals surface area contributed by atoms with Crippen LogP contribution < -0.4 is 10.3 Å². The van der Waals surface area contributed by atoms with Crippen molar-refractivity contribution in [1.29, 1.82) is 0 Å². The predicted octanol–water partition coefficient (Wildman–Crippen LogP) is 2.41. The standard InChI is InChI=1S/C17H21NO4/c1-20-15-6-4-5-14-13(15)7-8-16(19)18(14)11-12-9-10-17(12,21-2)22-3/h4-8,12H,9-11H2,1-3H3. The second kappa shape index (κ2) is 5.74. The van der Waals surface area contributed by atoms with Crippen LogP contribution in [0.1, 0.15) is 12.8 Å². The highest BCUT2D eigenvalue weighted by atomic mass is 16.7. The van der Waals surface area contributed by atoms with Crippen molar-refractivity contribution in [1.82, 2.24) is 4.57 Å². The number of fused-ring (bicyclic) bond motifs is 1. The van der Waals surface area contributed by atoms with Crippen LogP contribution in [0, 0.1) is 5.92 Å². The van der Waals surface area contributed by atoms with Gasteiger partial charge in [0.05, 0.1) is 12.6 Å². The van der Waals surface area contributed by atoms with Crippen molar-refractivity contribution in [2.24, 2.45) is 5.92 Å². The lowest BCUT2D eigenvalue weighted by molar-refractivity contribution is -0.289. The van der Waals surface area contributed by atoms with E-state index in [0.717, 1.165) is 29.5 Å². The average Bonchev–Trinajstić information content (AvgIpc) is 2.53. The molecule has 5 nitrogen and oxygen atoms in total. The van der Waals surface area contributed by atoms with Gasteiger partial charge < -0.3 is 18.8 Å². The molecule has 1 aliphatic carbocycles. The maximum absolute atomic E-state index is 12.3. The first-order chi connectivity index (χ1) is 10.6. The first-order valence-electron chi connectivity index (χ1n) is 7.42. The Morgan fingerprint density at radius 3 is 2.55 bits per heavy atom. The fourth-order valence-corrected chi connectivity index (χ4v) is 3.32. The Bertz CT molecular complexity index is 727. The largest absolute Gasteiger partial charge is 0.496 e. The zero-order valence-electron chi connectivity index (χ0n) is 13.2. The van der Waals surface area contributed by atoms with Crippen LogP contribution >= 0.6 is 0 Å². The van der Waals surface area contributed by atoms with Crippen LogP contribution in [0.3, 0.4) is 0 Å². The molecule has 0 saturated heterocycles. The van der Waals surface area contributed by atoms with E-state index in [-0.39, 0.29) is 11.5 Å². The van der Waals surface area contributed by atoms with Crippen molar-refractivity contribution in [3.05, 3.63) is 40.7 Å². The van der Waals surface area contributed by atoms with E-state index in [2.05, 4.69) is 0 Å². The minimum Gasteiger partial charge on any atom is -0.496 e. The van der Waals surface area contributed by atoms with Crippen LogP contribution in [0.25, 0.3) is 10.9 Å². The number of hydrogen-bond acceptors (Lipinski definition) is 4. The summed E-state index contributed by atoms with van der Waals surface area (Å²) in [6.07, 6.45) is 1.84. The summed E-state index contributed by atoms with van der Waals surface area (Å²) >= 11 is 0. The fraction of sp³-hybridized carbons (Fsp3) is 0.471. The topological polar surface area (TPSA) is 49.7 Å². The highest BCUT2D eigenvalue weighted by molar-refractivity contribution is 5.85. The van der Waals surface area contributed by atoms with Crippen LogP contribution in [-0.4, -0.2) is 31.7 Å². The van der Waals surface area contributed by atoms with Gasteiger partial charge >= 0.3 is 0 Å². The molecule has 1 heterocycles. The van der Waals surface area contributed by atoms with E-state index in [1.165, 1.54) is 0 Å². The minimum atomic E-state index is -0.569. The molecule has 2 aromatic rings. The summed E-state index contributed by atoms with van der Waals surface area (Å²) in [7, 11) is 4.95. The first-order valence-corrected chi connectivity index (χ1v) is 7.42. The van der Waals surface area contributed by atoms with E-state index < -0.39 is 5.79 Å². The number of pyridine rings is 1. The molecule has 5 heteroatoms. The Morgan fingerprint density at radius 1 is 1.18 bits per heavy atom. The van der Waals surface area contributed by atoms with Gasteiger partial charge in [-0.1, -0.05) is 6.07 Å². The maximum atomic E-state index is 12.3. The molecular formula is C17H21NO4. The Balaban J connectivity index is 2.04. The third kappa shape index (κ3) is 2.21. The smallest absolute Gasteiger partial charge is 0.251 e. The third-order valence-electron chi connectivity index (χ3n) is 4.77. The highest BCUT2D eigenvalue weighted by Crippen LogP contribution is 2.43. The summed E-state index contributed by atoms with van der Waals surface area (Å²) in [6, 6.07) is 9.14. The Kier molecular flexibility index (Phi) is 3.93. The van der Waals surface area contributed by atoms with Crippen molar-refractivity contribution >= 4 is 10.9 Å². The van der Waals surface area contributed by atoms with Gasteiger partial charge in [0.1, 0.15) is 5.75 Å². The summed E-state index contributed by atoms with van der Waals surface area (Å²) < 4.78 is 18.3. The van der Waals surface area contributed by atoms with Crippen molar-refractivity contribution in [3.63, 3.8) is 0 Å². The number of rotatable bonds is 5. The Labute approximate surface area is 129 Å². The lowest BCUT2D eigenvalue weighted by Crippen LogP contribution is -2.52. The van der Waals surface area contributed by atoms with E-state index in [4.69, 9.17) is 14.2 Å². The van der Waals surface area contributed by atoms with Gasteiger partial charge in [-0.25, -0.2) is 0 Å². The molecule has 0 N–H and O–H groups in total. The molecule has 0 radical (unpaired) electrons. The van der Waals surface area contributed by atoms with Gasteiger partial charge in [-0.3, -0.25) is 4.79 Å². The molecule has 1 aromatic heterocycles. The first kappa shape index (κ1) is 15.1. The van der Waals surface area contributed by atoms with E-state index in [1.807, 2.05) is 24.3 Å². The molecule has 1 unspecified atom stereocenters. The van der Waals surface area contributed by atoms with Gasteiger partial charge in [-0.05, 0) is 24.6 Å². The van der Waals surface area contributed by atoms with Crippen molar-refractivity contribution in [2.75, 3.05) is 21.3 Å². The van der Waals surface area contributed by atoms with E-state index in [9.17, 15) is 4.79 Å². The van der Waals surface area contributed by atoms with Crippen LogP contribution in [-0.2, 0) is 16.0 Å². The van der Waals surface area contributed by atoms with Gasteiger partial charge in [-0.2, -0.15) is 0 Å². The molecule has 1 aromatic carbocycles. The van der Waals surface area contributed by atoms with E-state index in [0.29, 0.717) is 6.54 Å². The van der Waals surface area contributed by atoms with Crippen LogP contribution in [0.2, 0.25) is 0 Å². The van der Waals surface area contributed by atoms with Gasteiger partial charge in [0.2, 0.25) is 0 Å². The molecule has 1 fully saturated rings. The van der Waals surface area contributed by atoms with Gasteiger partial charge in [0.25, 0.3) is 5.56 Å². The minimum absolute atomic E-state index is 0.0197. The van der Waals surface area contributed by atoms with Crippen molar-refractivity contribution < 1.29 is 14.2 Å². The summed E-state index contributed by atoms with van der Waals surface area (Å²) in [5.74, 6) is 0.363. The van der Waals surface area contributed by atoms with E-state index >= 15 is 0 Å².